The summed E-state index contributed by atoms with van der Waals surface area (Å²) in [4.78, 5) is 17.2. The van der Waals surface area contributed by atoms with Crippen LogP contribution < -0.4 is 14.8 Å². The molecule has 0 radical (unpaired) electrons. The normalized spacial score (nSPS) is 10.2. The average Bonchev–Trinajstić information content (AvgIpc) is 2.78. The number of hydrogen-bond acceptors (Lipinski definition) is 5. The van der Waals surface area contributed by atoms with E-state index >= 15 is 0 Å². The van der Waals surface area contributed by atoms with Crippen LogP contribution in [-0.2, 0) is 4.79 Å². The highest BCUT2D eigenvalue weighted by Crippen LogP contribution is 2.21. The van der Waals surface area contributed by atoms with Crippen LogP contribution in [0.3, 0.4) is 0 Å². The summed E-state index contributed by atoms with van der Waals surface area (Å²) in [6.45, 7) is 4.23. The fourth-order valence-corrected chi connectivity index (χ4v) is 2.47. The van der Waals surface area contributed by atoms with E-state index in [0.717, 1.165) is 16.3 Å². The number of rotatable bonds is 6. The first-order valence-electron chi connectivity index (χ1n) is 6.59. The van der Waals surface area contributed by atoms with Gasteiger partial charge in [0.2, 0.25) is 5.91 Å². The second-order valence-corrected chi connectivity index (χ2v) is 5.69. The van der Waals surface area contributed by atoms with E-state index in [1.807, 2.05) is 38.1 Å². The lowest BCUT2D eigenvalue weighted by atomic mass is 10.3. The zero-order valence-corrected chi connectivity index (χ0v) is 13.1. The predicted molar refractivity (Wildman–Crippen MR) is 83.3 cm³/mol. The molecule has 0 aliphatic rings. The van der Waals surface area contributed by atoms with Crippen molar-refractivity contribution in [3.63, 3.8) is 0 Å². The van der Waals surface area contributed by atoms with E-state index in [2.05, 4.69) is 10.3 Å². The van der Waals surface area contributed by atoms with Crippen molar-refractivity contribution in [1.82, 2.24) is 4.98 Å². The van der Waals surface area contributed by atoms with Gasteiger partial charge in [0, 0.05) is 4.88 Å². The summed E-state index contributed by atoms with van der Waals surface area (Å²) in [5.41, 5.74) is 0.949. The molecular formula is C15H18N2O3S. The highest BCUT2D eigenvalue weighted by molar-refractivity contribution is 7.15. The molecule has 6 heteroatoms. The lowest BCUT2D eigenvalue weighted by Gasteiger charge is -2.06. The molecule has 1 aromatic carbocycles. The maximum atomic E-state index is 11.8. The summed E-state index contributed by atoms with van der Waals surface area (Å²) in [7, 11) is 1.61. The van der Waals surface area contributed by atoms with Gasteiger partial charge in [0.25, 0.3) is 0 Å². The highest BCUT2D eigenvalue weighted by atomic mass is 32.1. The Bertz CT molecular complexity index is 588. The minimum atomic E-state index is -0.0998. The summed E-state index contributed by atoms with van der Waals surface area (Å²) in [6.07, 6.45) is 0.281. The molecule has 112 valence electrons. The van der Waals surface area contributed by atoms with Crippen LogP contribution in [0.2, 0.25) is 0 Å². The van der Waals surface area contributed by atoms with Crippen molar-refractivity contribution in [1.29, 1.82) is 0 Å². The molecule has 0 aliphatic carbocycles. The standard InChI is InChI=1S/C15H18N2O3S/c1-10-11(2)21-15(16-10)17-14(18)8-9-20-13-6-4-12(19-3)5-7-13/h4-7H,8-9H2,1-3H3,(H,16,17,18). The highest BCUT2D eigenvalue weighted by Gasteiger charge is 2.08. The summed E-state index contributed by atoms with van der Waals surface area (Å²) in [5.74, 6) is 1.39. The molecule has 0 bridgehead atoms. The third-order valence-corrected chi connectivity index (χ3v) is 3.92. The molecule has 1 N–H and O–H groups in total. The summed E-state index contributed by atoms with van der Waals surface area (Å²) >= 11 is 1.48. The van der Waals surface area contributed by atoms with Crippen LogP contribution in [-0.4, -0.2) is 24.6 Å². The first kappa shape index (κ1) is 15.3. The van der Waals surface area contributed by atoms with E-state index in [0.29, 0.717) is 17.5 Å². The molecule has 0 fully saturated rings. The van der Waals surface area contributed by atoms with Crippen LogP contribution in [0.1, 0.15) is 17.0 Å². The number of aryl methyl sites for hydroxylation is 2. The molecule has 0 aliphatic heterocycles. The fraction of sp³-hybridized carbons (Fsp3) is 0.333. The number of nitrogens with zero attached hydrogens (tertiary/aromatic N) is 1. The topological polar surface area (TPSA) is 60.5 Å². The van der Waals surface area contributed by atoms with Gasteiger partial charge in [-0.3, -0.25) is 4.79 Å². The monoisotopic (exact) mass is 306 g/mol. The number of carbonyl (C=O) groups is 1. The Hall–Kier alpha value is -2.08. The van der Waals surface area contributed by atoms with Crippen molar-refractivity contribution in [2.24, 2.45) is 0 Å². The average molecular weight is 306 g/mol. The Balaban J connectivity index is 1.76. The molecule has 1 aromatic heterocycles. The van der Waals surface area contributed by atoms with Gasteiger partial charge < -0.3 is 14.8 Å². The first-order chi connectivity index (χ1) is 10.1. The van der Waals surface area contributed by atoms with E-state index in [4.69, 9.17) is 9.47 Å². The molecule has 21 heavy (non-hydrogen) atoms. The molecule has 0 spiro atoms. The summed E-state index contributed by atoms with van der Waals surface area (Å²) in [6, 6.07) is 7.25. The maximum absolute atomic E-state index is 11.8. The van der Waals surface area contributed by atoms with Gasteiger partial charge in [-0.05, 0) is 38.1 Å². The van der Waals surface area contributed by atoms with Crippen molar-refractivity contribution in [2.45, 2.75) is 20.3 Å². The largest absolute Gasteiger partial charge is 0.497 e. The van der Waals surface area contributed by atoms with Crippen molar-refractivity contribution in [3.05, 3.63) is 34.8 Å². The fourth-order valence-electron chi connectivity index (χ4n) is 1.64. The van der Waals surface area contributed by atoms with Crippen LogP contribution in [0, 0.1) is 13.8 Å². The molecule has 1 heterocycles. The van der Waals surface area contributed by atoms with Gasteiger partial charge >= 0.3 is 0 Å². The summed E-state index contributed by atoms with van der Waals surface area (Å²) < 4.78 is 10.6. The summed E-state index contributed by atoms with van der Waals surface area (Å²) in [5, 5.41) is 3.41. The van der Waals surface area contributed by atoms with Gasteiger partial charge in [-0.1, -0.05) is 0 Å². The van der Waals surface area contributed by atoms with Crippen molar-refractivity contribution < 1.29 is 14.3 Å². The Morgan fingerprint density at radius 1 is 1.24 bits per heavy atom. The van der Waals surface area contributed by atoms with Crippen LogP contribution in [0.25, 0.3) is 0 Å². The molecule has 1 amide bonds. The number of thiazole rings is 1. The van der Waals surface area contributed by atoms with Crippen molar-refractivity contribution >= 4 is 22.4 Å². The van der Waals surface area contributed by atoms with Crippen LogP contribution in [0.15, 0.2) is 24.3 Å². The van der Waals surface area contributed by atoms with Gasteiger partial charge in [-0.2, -0.15) is 0 Å². The molecule has 0 unspecified atom stereocenters. The number of benzene rings is 1. The van der Waals surface area contributed by atoms with Crippen LogP contribution >= 0.6 is 11.3 Å². The number of nitrogens with one attached hydrogen (secondary N) is 1. The Labute approximate surface area is 127 Å². The van der Waals surface area contributed by atoms with Gasteiger partial charge in [-0.25, -0.2) is 4.98 Å². The quantitative estimate of drug-likeness (QED) is 0.890. The number of anilines is 1. The number of hydrogen-bond donors (Lipinski definition) is 1. The van der Waals surface area contributed by atoms with Crippen molar-refractivity contribution in [2.75, 3.05) is 19.0 Å². The smallest absolute Gasteiger partial charge is 0.229 e. The van der Waals surface area contributed by atoms with E-state index in [-0.39, 0.29) is 12.3 Å². The lowest BCUT2D eigenvalue weighted by Crippen LogP contribution is -2.15. The second-order valence-electron chi connectivity index (χ2n) is 4.48. The molecule has 5 nitrogen and oxygen atoms in total. The Morgan fingerprint density at radius 3 is 2.48 bits per heavy atom. The van der Waals surface area contributed by atoms with Gasteiger partial charge in [0.05, 0.1) is 25.8 Å². The van der Waals surface area contributed by atoms with Gasteiger partial charge in [-0.15, -0.1) is 11.3 Å². The molecule has 0 atom stereocenters. The molecule has 2 rings (SSSR count). The third kappa shape index (κ3) is 4.46. The van der Waals surface area contributed by atoms with Gasteiger partial charge in [0.15, 0.2) is 5.13 Å². The number of ether oxygens (including phenoxy) is 2. The molecule has 0 saturated heterocycles. The minimum Gasteiger partial charge on any atom is -0.497 e. The number of aromatic nitrogens is 1. The van der Waals surface area contributed by atoms with Crippen molar-refractivity contribution in [3.8, 4) is 11.5 Å². The SMILES string of the molecule is COc1ccc(OCCC(=O)Nc2nc(C)c(C)s2)cc1. The molecule has 2 aromatic rings. The molecular weight excluding hydrogens is 288 g/mol. The van der Waals surface area contributed by atoms with Gasteiger partial charge in [0.1, 0.15) is 11.5 Å². The zero-order chi connectivity index (χ0) is 15.2. The van der Waals surface area contributed by atoms with Crippen LogP contribution in [0.5, 0.6) is 11.5 Å². The lowest BCUT2D eigenvalue weighted by molar-refractivity contribution is -0.116. The van der Waals surface area contributed by atoms with Crippen LogP contribution in [0.4, 0.5) is 5.13 Å². The van der Waals surface area contributed by atoms with E-state index in [1.165, 1.54) is 11.3 Å². The zero-order valence-electron chi connectivity index (χ0n) is 12.3. The van der Waals surface area contributed by atoms with E-state index in [1.54, 1.807) is 7.11 Å². The number of amides is 1. The third-order valence-electron chi connectivity index (χ3n) is 2.93. The first-order valence-corrected chi connectivity index (χ1v) is 7.41. The number of carbonyl (C=O) groups excluding carboxylic acids is 1. The number of methoxy groups -OCH3 is 1. The second kappa shape index (κ2) is 7.08. The molecule has 0 saturated carbocycles. The Kier molecular flexibility index (Phi) is 5.16. The predicted octanol–water partition coefficient (Wildman–Crippen LogP) is 3.18. The maximum Gasteiger partial charge on any atom is 0.229 e. The Morgan fingerprint density at radius 2 is 1.90 bits per heavy atom. The van der Waals surface area contributed by atoms with E-state index in [9.17, 15) is 4.79 Å². The minimum absolute atomic E-state index is 0.0998. The van der Waals surface area contributed by atoms with E-state index < -0.39 is 0 Å².